The number of hydrogen-bond acceptors (Lipinski definition) is 6. The number of hydrogen-bond donors (Lipinski definition) is 0. The van der Waals surface area contributed by atoms with Gasteiger partial charge in [-0.2, -0.15) is 4.57 Å². The van der Waals surface area contributed by atoms with E-state index in [2.05, 4.69) is 31.2 Å². The Morgan fingerprint density at radius 2 is 1.68 bits per heavy atom. The van der Waals surface area contributed by atoms with Crippen molar-refractivity contribution in [2.24, 2.45) is 7.05 Å². The second kappa shape index (κ2) is 10.9. The van der Waals surface area contributed by atoms with Gasteiger partial charge in [-0.05, 0) is 58.5 Å². The Labute approximate surface area is 239 Å². The van der Waals surface area contributed by atoms with Crippen molar-refractivity contribution in [1.82, 2.24) is 0 Å². The topological polar surface area (TPSA) is 86.7 Å². The SMILES string of the molecule is CCC(/C=C1\Oc2ccc(-c3ccccc3)cc2N1CCCS(=O)(=O)[O-])=C\c1oc2cc3ccccc3cc2[n+]1C. The molecule has 0 saturated carbocycles. The number of rotatable bonds is 8. The minimum Gasteiger partial charge on any atom is -0.748 e. The number of oxazole rings is 1. The van der Waals surface area contributed by atoms with Crippen LogP contribution < -0.4 is 14.2 Å². The fourth-order valence-electron chi connectivity index (χ4n) is 5.19. The number of fused-ring (bicyclic) bond motifs is 3. The third-order valence-electron chi connectivity index (χ3n) is 7.37. The van der Waals surface area contributed by atoms with Crippen LogP contribution in [0.5, 0.6) is 5.75 Å². The molecular weight excluding hydrogens is 536 g/mol. The molecule has 4 aromatic carbocycles. The predicted octanol–water partition coefficient (Wildman–Crippen LogP) is 6.55. The molecule has 0 atom stereocenters. The Balaban J connectivity index is 1.37. The fraction of sp³-hybridized carbons (Fsp3) is 0.182. The molecule has 0 N–H and O–H groups in total. The lowest BCUT2D eigenvalue weighted by Gasteiger charge is -2.19. The second-order valence-corrected chi connectivity index (χ2v) is 11.7. The van der Waals surface area contributed by atoms with Gasteiger partial charge in [0.15, 0.2) is 5.75 Å². The van der Waals surface area contributed by atoms with Crippen LogP contribution >= 0.6 is 0 Å². The van der Waals surface area contributed by atoms with Crippen molar-refractivity contribution in [1.29, 1.82) is 0 Å². The van der Waals surface area contributed by atoms with E-state index in [4.69, 9.17) is 9.15 Å². The summed E-state index contributed by atoms with van der Waals surface area (Å²) in [5.41, 5.74) is 5.68. The summed E-state index contributed by atoms with van der Waals surface area (Å²) >= 11 is 0. The van der Waals surface area contributed by atoms with Gasteiger partial charge in [0.25, 0.3) is 5.52 Å². The first kappa shape index (κ1) is 26.8. The molecule has 0 radical (unpaired) electrons. The maximum atomic E-state index is 11.3. The summed E-state index contributed by atoms with van der Waals surface area (Å²) in [5, 5.41) is 2.26. The molecular formula is C33H30N2O5S. The fourth-order valence-corrected chi connectivity index (χ4v) is 5.67. The number of aryl methyl sites for hydroxylation is 1. The molecule has 0 aliphatic carbocycles. The summed E-state index contributed by atoms with van der Waals surface area (Å²) in [6.45, 7) is 2.38. The van der Waals surface area contributed by atoms with E-state index in [0.29, 0.717) is 30.5 Å². The number of allylic oxidation sites excluding steroid dienone is 2. The smallest absolute Gasteiger partial charge is 0.374 e. The van der Waals surface area contributed by atoms with Crippen LogP contribution in [0.1, 0.15) is 25.7 Å². The van der Waals surface area contributed by atoms with Gasteiger partial charge in [-0.1, -0.05) is 67.6 Å². The molecule has 1 aliphatic rings. The van der Waals surface area contributed by atoms with E-state index < -0.39 is 15.9 Å². The number of benzene rings is 4. The molecule has 208 valence electrons. The first-order chi connectivity index (χ1) is 19.8. The zero-order valence-electron chi connectivity index (χ0n) is 22.9. The highest BCUT2D eigenvalue weighted by molar-refractivity contribution is 7.85. The van der Waals surface area contributed by atoms with Crippen molar-refractivity contribution < 1.29 is 26.7 Å². The quantitative estimate of drug-likeness (QED) is 0.156. The van der Waals surface area contributed by atoms with Crippen molar-refractivity contribution in [2.75, 3.05) is 17.2 Å². The maximum absolute atomic E-state index is 11.3. The zero-order chi connectivity index (χ0) is 28.6. The number of anilines is 1. The summed E-state index contributed by atoms with van der Waals surface area (Å²) < 4.78 is 48.6. The number of ether oxygens (including phenoxy) is 1. The van der Waals surface area contributed by atoms with Gasteiger partial charge in [0.2, 0.25) is 11.5 Å². The van der Waals surface area contributed by atoms with E-state index in [-0.39, 0.29) is 6.42 Å². The number of aromatic nitrogens is 1. The molecule has 6 rings (SSSR count). The van der Waals surface area contributed by atoms with Gasteiger partial charge in [0, 0.05) is 24.4 Å². The first-order valence-electron chi connectivity index (χ1n) is 13.6. The van der Waals surface area contributed by atoms with Crippen molar-refractivity contribution in [3.63, 3.8) is 0 Å². The van der Waals surface area contributed by atoms with Crippen LogP contribution in [0.4, 0.5) is 5.69 Å². The van der Waals surface area contributed by atoms with Crippen LogP contribution in [0.15, 0.2) is 107 Å². The van der Waals surface area contributed by atoms with Crippen LogP contribution in [-0.2, 0) is 17.2 Å². The van der Waals surface area contributed by atoms with Crippen molar-refractivity contribution in [3.8, 4) is 16.9 Å². The van der Waals surface area contributed by atoms with Crippen LogP contribution in [-0.4, -0.2) is 25.3 Å². The normalized spacial score (nSPS) is 14.7. The third kappa shape index (κ3) is 5.62. The van der Waals surface area contributed by atoms with Crippen molar-refractivity contribution >= 4 is 43.8 Å². The van der Waals surface area contributed by atoms with Gasteiger partial charge in [-0.3, -0.25) is 0 Å². The van der Waals surface area contributed by atoms with Gasteiger partial charge in [-0.15, -0.1) is 0 Å². The van der Waals surface area contributed by atoms with E-state index in [1.807, 2.05) is 89.3 Å². The van der Waals surface area contributed by atoms with Crippen LogP contribution in [0, 0.1) is 0 Å². The van der Waals surface area contributed by atoms with E-state index in [0.717, 1.165) is 44.3 Å². The lowest BCUT2D eigenvalue weighted by molar-refractivity contribution is -0.652. The van der Waals surface area contributed by atoms with Gasteiger partial charge in [-0.25, -0.2) is 8.42 Å². The number of nitrogens with zero attached hydrogens (tertiary/aromatic N) is 2. The monoisotopic (exact) mass is 566 g/mol. The Kier molecular flexibility index (Phi) is 7.11. The van der Waals surface area contributed by atoms with Crippen molar-refractivity contribution in [3.05, 3.63) is 108 Å². The summed E-state index contributed by atoms with van der Waals surface area (Å²) in [7, 11) is -2.34. The molecule has 7 nitrogen and oxygen atoms in total. The molecule has 0 fully saturated rings. The maximum Gasteiger partial charge on any atom is 0.374 e. The highest BCUT2D eigenvalue weighted by Crippen LogP contribution is 2.42. The minimum absolute atomic E-state index is 0.179. The molecule has 5 aromatic rings. The van der Waals surface area contributed by atoms with Gasteiger partial charge < -0.3 is 18.6 Å². The van der Waals surface area contributed by atoms with E-state index in [9.17, 15) is 13.0 Å². The zero-order valence-corrected chi connectivity index (χ0v) is 23.7. The van der Waals surface area contributed by atoms with Gasteiger partial charge in [0.05, 0.1) is 21.9 Å². The molecule has 0 unspecified atom stereocenters. The molecule has 0 bridgehead atoms. The highest BCUT2D eigenvalue weighted by Gasteiger charge is 2.27. The average Bonchev–Trinajstić information content (AvgIpc) is 3.46. The molecule has 41 heavy (non-hydrogen) atoms. The standard InChI is InChI=1S/C33H30N2O5S/c1-3-23(18-32-34(2)28-20-25-12-7-8-13-26(25)22-31(28)40-32)19-33-35(16-9-17-41(36,37)38)29-21-27(14-15-30(29)39-33)24-10-5-4-6-11-24/h4-8,10-15,18-22H,3,9,16-17H2,1-2H3. The predicted molar refractivity (Wildman–Crippen MR) is 160 cm³/mol. The van der Waals surface area contributed by atoms with Gasteiger partial charge in [0.1, 0.15) is 7.05 Å². The first-order valence-corrected chi connectivity index (χ1v) is 15.2. The average molecular weight is 567 g/mol. The Bertz CT molecular complexity index is 1920. The van der Waals surface area contributed by atoms with E-state index in [1.54, 1.807) is 0 Å². The summed E-state index contributed by atoms with van der Waals surface area (Å²) in [4.78, 5) is 1.95. The molecule has 1 aliphatic heterocycles. The summed E-state index contributed by atoms with van der Waals surface area (Å²) in [6.07, 6.45) is 4.84. The lowest BCUT2D eigenvalue weighted by atomic mass is 10.0. The second-order valence-electron chi connectivity index (χ2n) is 10.1. The Hall–Kier alpha value is -4.40. The molecule has 0 amide bonds. The van der Waals surface area contributed by atoms with Crippen LogP contribution in [0.2, 0.25) is 0 Å². The molecule has 0 saturated heterocycles. The largest absolute Gasteiger partial charge is 0.748 e. The van der Waals surface area contributed by atoms with Crippen LogP contribution in [0.25, 0.3) is 39.1 Å². The lowest BCUT2D eigenvalue weighted by Crippen LogP contribution is -2.29. The third-order valence-corrected chi connectivity index (χ3v) is 8.16. The summed E-state index contributed by atoms with van der Waals surface area (Å²) in [6, 6.07) is 28.4. The van der Waals surface area contributed by atoms with Crippen molar-refractivity contribution in [2.45, 2.75) is 19.8 Å². The van der Waals surface area contributed by atoms with E-state index >= 15 is 0 Å². The molecule has 8 heteroatoms. The highest BCUT2D eigenvalue weighted by atomic mass is 32.2. The molecule has 1 aromatic heterocycles. The Morgan fingerprint density at radius 3 is 2.41 bits per heavy atom. The van der Waals surface area contributed by atoms with E-state index in [1.165, 1.54) is 0 Å². The molecule has 2 heterocycles. The minimum atomic E-state index is -4.33. The van der Waals surface area contributed by atoms with Gasteiger partial charge >= 0.3 is 5.89 Å². The Morgan fingerprint density at radius 1 is 0.951 bits per heavy atom. The van der Waals surface area contributed by atoms with Crippen LogP contribution in [0.3, 0.4) is 0 Å². The molecule has 0 spiro atoms. The summed E-state index contributed by atoms with van der Waals surface area (Å²) in [5.74, 6) is 1.52.